The van der Waals surface area contributed by atoms with Crippen LogP contribution in [-0.2, 0) is 0 Å². The van der Waals surface area contributed by atoms with Crippen molar-refractivity contribution in [1.29, 1.82) is 5.26 Å². The third-order valence-corrected chi connectivity index (χ3v) is 4.15. The van der Waals surface area contributed by atoms with Crippen molar-refractivity contribution in [1.82, 2.24) is 9.88 Å². The first kappa shape index (κ1) is 14.8. The lowest BCUT2D eigenvalue weighted by molar-refractivity contribution is 0.215. The van der Waals surface area contributed by atoms with Crippen molar-refractivity contribution < 1.29 is 0 Å². The second kappa shape index (κ2) is 6.71. The summed E-state index contributed by atoms with van der Waals surface area (Å²) in [5.41, 5.74) is 3.39. The highest BCUT2D eigenvalue weighted by Crippen LogP contribution is 2.22. The van der Waals surface area contributed by atoms with Gasteiger partial charge < -0.3 is 10.2 Å². The van der Waals surface area contributed by atoms with Gasteiger partial charge in [-0.1, -0.05) is 0 Å². The molecule has 108 valence electrons. The first-order valence-electron chi connectivity index (χ1n) is 7.41. The van der Waals surface area contributed by atoms with Crippen LogP contribution in [-0.4, -0.2) is 36.6 Å². The molecule has 0 radical (unpaired) electrons. The molecule has 1 aliphatic rings. The van der Waals surface area contributed by atoms with E-state index in [1.165, 1.54) is 32.4 Å². The molecule has 2 rings (SSSR count). The van der Waals surface area contributed by atoms with Crippen LogP contribution >= 0.6 is 0 Å². The number of anilines is 1. The Hall–Kier alpha value is -1.60. The fourth-order valence-electron chi connectivity index (χ4n) is 2.87. The normalized spacial score (nSPS) is 16.9. The van der Waals surface area contributed by atoms with Crippen molar-refractivity contribution >= 4 is 5.69 Å². The molecule has 4 heteroatoms. The fraction of sp³-hybridized carbons (Fsp3) is 0.625. The highest BCUT2D eigenvalue weighted by atomic mass is 15.1. The van der Waals surface area contributed by atoms with E-state index < -0.39 is 0 Å². The summed E-state index contributed by atoms with van der Waals surface area (Å²) < 4.78 is 0. The minimum atomic E-state index is 0.680. The first-order chi connectivity index (χ1) is 9.60. The molecule has 0 aromatic carbocycles. The van der Waals surface area contributed by atoms with E-state index in [1.54, 1.807) is 0 Å². The number of hydrogen-bond donors (Lipinski definition) is 1. The van der Waals surface area contributed by atoms with Crippen molar-refractivity contribution in [2.24, 2.45) is 5.92 Å². The second-order valence-corrected chi connectivity index (χ2v) is 5.85. The second-order valence-electron chi connectivity index (χ2n) is 5.85. The molecule has 1 N–H and O–H groups in total. The predicted molar refractivity (Wildman–Crippen MR) is 81.8 cm³/mol. The zero-order chi connectivity index (χ0) is 14.5. The van der Waals surface area contributed by atoms with E-state index in [2.05, 4.69) is 28.3 Å². The molecular weight excluding hydrogens is 248 g/mol. The van der Waals surface area contributed by atoms with Gasteiger partial charge in [0.2, 0.25) is 0 Å². The minimum absolute atomic E-state index is 0.680. The van der Waals surface area contributed by atoms with E-state index in [-0.39, 0.29) is 0 Å². The number of piperidine rings is 1. The lowest BCUT2D eigenvalue weighted by atomic mass is 9.94. The third-order valence-electron chi connectivity index (χ3n) is 4.15. The van der Waals surface area contributed by atoms with Crippen molar-refractivity contribution in [2.75, 3.05) is 32.0 Å². The largest absolute Gasteiger partial charge is 0.384 e. The van der Waals surface area contributed by atoms with E-state index >= 15 is 0 Å². The Balaban J connectivity index is 1.90. The summed E-state index contributed by atoms with van der Waals surface area (Å²) in [6, 6.07) is 4.23. The molecule has 0 spiro atoms. The van der Waals surface area contributed by atoms with Gasteiger partial charge in [0.05, 0.1) is 16.9 Å². The highest BCUT2D eigenvalue weighted by Gasteiger charge is 2.16. The molecule has 0 atom stereocenters. The molecule has 1 saturated heterocycles. The Kier molecular flexibility index (Phi) is 4.97. The number of aryl methyl sites for hydroxylation is 2. The summed E-state index contributed by atoms with van der Waals surface area (Å²) in [7, 11) is 2.19. The van der Waals surface area contributed by atoms with Gasteiger partial charge in [0.1, 0.15) is 6.07 Å². The lowest BCUT2D eigenvalue weighted by Crippen LogP contribution is -2.30. The number of aromatic nitrogens is 1. The Morgan fingerprint density at radius 1 is 1.40 bits per heavy atom. The van der Waals surface area contributed by atoms with Crippen LogP contribution < -0.4 is 5.32 Å². The maximum absolute atomic E-state index is 9.23. The summed E-state index contributed by atoms with van der Waals surface area (Å²) in [4.78, 5) is 6.74. The minimum Gasteiger partial charge on any atom is -0.384 e. The van der Waals surface area contributed by atoms with Crippen LogP contribution in [0.2, 0.25) is 0 Å². The number of hydrogen-bond acceptors (Lipinski definition) is 4. The monoisotopic (exact) mass is 272 g/mol. The van der Waals surface area contributed by atoms with Crippen LogP contribution in [0.25, 0.3) is 0 Å². The van der Waals surface area contributed by atoms with Gasteiger partial charge in [-0.2, -0.15) is 5.26 Å². The fourth-order valence-corrected chi connectivity index (χ4v) is 2.87. The number of nitriles is 1. The summed E-state index contributed by atoms with van der Waals surface area (Å²) in [6.45, 7) is 7.22. The number of pyridine rings is 1. The first-order valence-corrected chi connectivity index (χ1v) is 7.41. The van der Waals surface area contributed by atoms with Gasteiger partial charge in [-0.3, -0.25) is 4.98 Å². The van der Waals surface area contributed by atoms with E-state index in [4.69, 9.17) is 0 Å². The Bertz CT molecular complexity index is 496. The van der Waals surface area contributed by atoms with E-state index in [0.717, 1.165) is 29.5 Å². The summed E-state index contributed by atoms with van der Waals surface area (Å²) >= 11 is 0. The maximum atomic E-state index is 9.23. The SMILES string of the molecule is Cc1cc(NCCC2CCN(C)CC2)c(C#N)c(C)n1. The third kappa shape index (κ3) is 3.71. The van der Waals surface area contributed by atoms with Crippen molar-refractivity contribution in [2.45, 2.75) is 33.1 Å². The molecule has 0 unspecified atom stereocenters. The van der Waals surface area contributed by atoms with Crippen LogP contribution in [0.5, 0.6) is 0 Å². The Morgan fingerprint density at radius 3 is 2.75 bits per heavy atom. The Morgan fingerprint density at radius 2 is 2.10 bits per heavy atom. The molecule has 1 aliphatic heterocycles. The smallest absolute Gasteiger partial charge is 0.103 e. The average Bonchev–Trinajstić information content (AvgIpc) is 2.40. The molecule has 1 aromatic rings. The summed E-state index contributed by atoms with van der Waals surface area (Å²) in [6.07, 6.45) is 3.76. The molecular formula is C16H24N4. The number of nitrogens with zero attached hydrogens (tertiary/aromatic N) is 3. The molecule has 0 saturated carbocycles. The Labute approximate surface area is 121 Å². The van der Waals surface area contributed by atoms with E-state index in [1.807, 2.05) is 19.9 Å². The van der Waals surface area contributed by atoms with Crippen molar-refractivity contribution in [3.63, 3.8) is 0 Å². The van der Waals surface area contributed by atoms with Gasteiger partial charge in [0.15, 0.2) is 0 Å². The zero-order valence-corrected chi connectivity index (χ0v) is 12.7. The molecule has 0 aliphatic carbocycles. The van der Waals surface area contributed by atoms with Crippen LogP contribution in [0.1, 0.15) is 36.2 Å². The van der Waals surface area contributed by atoms with Gasteiger partial charge in [-0.15, -0.1) is 0 Å². The number of nitrogens with one attached hydrogen (secondary N) is 1. The highest BCUT2D eigenvalue weighted by molar-refractivity contribution is 5.59. The molecule has 20 heavy (non-hydrogen) atoms. The van der Waals surface area contributed by atoms with Crippen LogP contribution in [0.3, 0.4) is 0 Å². The molecule has 1 aromatic heterocycles. The quantitative estimate of drug-likeness (QED) is 0.915. The summed E-state index contributed by atoms with van der Waals surface area (Å²) in [5, 5.41) is 12.7. The molecule has 0 amide bonds. The van der Waals surface area contributed by atoms with Crippen LogP contribution in [0.4, 0.5) is 5.69 Å². The maximum Gasteiger partial charge on any atom is 0.103 e. The molecule has 2 heterocycles. The number of likely N-dealkylation sites (tertiary alicyclic amines) is 1. The topological polar surface area (TPSA) is 52.0 Å². The zero-order valence-electron chi connectivity index (χ0n) is 12.7. The van der Waals surface area contributed by atoms with Crippen molar-refractivity contribution in [3.8, 4) is 6.07 Å². The van der Waals surface area contributed by atoms with Crippen LogP contribution in [0, 0.1) is 31.1 Å². The van der Waals surface area contributed by atoms with E-state index in [9.17, 15) is 5.26 Å². The molecule has 0 bridgehead atoms. The van der Waals surface area contributed by atoms with Crippen molar-refractivity contribution in [3.05, 3.63) is 23.0 Å². The average molecular weight is 272 g/mol. The van der Waals surface area contributed by atoms with Gasteiger partial charge in [0.25, 0.3) is 0 Å². The van der Waals surface area contributed by atoms with Gasteiger partial charge in [0, 0.05) is 12.2 Å². The predicted octanol–water partition coefficient (Wildman–Crippen LogP) is 2.71. The van der Waals surface area contributed by atoms with Crippen LogP contribution in [0.15, 0.2) is 6.07 Å². The lowest BCUT2D eigenvalue weighted by Gasteiger charge is -2.29. The van der Waals surface area contributed by atoms with Gasteiger partial charge in [-0.05, 0) is 65.2 Å². The molecule has 4 nitrogen and oxygen atoms in total. The number of rotatable bonds is 4. The van der Waals surface area contributed by atoms with Gasteiger partial charge in [-0.25, -0.2) is 0 Å². The van der Waals surface area contributed by atoms with E-state index in [0.29, 0.717) is 5.56 Å². The van der Waals surface area contributed by atoms with Gasteiger partial charge >= 0.3 is 0 Å². The standard InChI is InChI=1S/C16H24N4/c1-12-10-16(15(11-17)13(2)19-12)18-7-4-14-5-8-20(3)9-6-14/h10,14H,4-9H2,1-3H3,(H,18,19). The molecule has 1 fully saturated rings. The summed E-state index contributed by atoms with van der Waals surface area (Å²) in [5.74, 6) is 0.813.